The molecule has 0 radical (unpaired) electrons. The van der Waals surface area contributed by atoms with Gasteiger partial charge in [-0.25, -0.2) is 0 Å². The van der Waals surface area contributed by atoms with Gasteiger partial charge in [-0.3, -0.25) is 9.69 Å². The minimum atomic E-state index is 0.0552. The molecule has 0 spiro atoms. The average molecular weight is 344 g/mol. The lowest BCUT2D eigenvalue weighted by Crippen LogP contribution is -2.32. The number of nitrogens with zero attached hydrogens (tertiary/aromatic N) is 1. The van der Waals surface area contributed by atoms with Gasteiger partial charge in [0, 0.05) is 12.2 Å². The number of carbonyl (C=O) groups excluding carboxylic acids is 1. The molecule has 1 aromatic carbocycles. The number of carbonyl (C=O) groups is 1. The maximum absolute atomic E-state index is 12.1. The lowest BCUT2D eigenvalue weighted by Gasteiger charge is -2.26. The summed E-state index contributed by atoms with van der Waals surface area (Å²) in [5.74, 6) is 0.815. The number of amides is 1. The minimum Gasteiger partial charge on any atom is -0.325 e. The number of benzene rings is 1. The van der Waals surface area contributed by atoms with Crippen LogP contribution >= 0.6 is 0 Å². The molecule has 0 unspecified atom stereocenters. The molecule has 0 aromatic heterocycles. The van der Waals surface area contributed by atoms with Crippen molar-refractivity contribution in [3.05, 3.63) is 29.8 Å². The van der Waals surface area contributed by atoms with Crippen molar-refractivity contribution in [2.45, 2.75) is 57.9 Å². The van der Waals surface area contributed by atoms with Crippen LogP contribution in [0.4, 0.5) is 5.69 Å². The van der Waals surface area contributed by atoms with Gasteiger partial charge in [0.05, 0.1) is 6.54 Å². The van der Waals surface area contributed by atoms with Crippen molar-refractivity contribution in [2.75, 3.05) is 31.5 Å². The van der Waals surface area contributed by atoms with Crippen LogP contribution in [-0.2, 0) is 11.3 Å². The van der Waals surface area contributed by atoms with E-state index in [1.807, 2.05) is 12.1 Å². The largest absolute Gasteiger partial charge is 0.325 e. The van der Waals surface area contributed by atoms with Gasteiger partial charge in [0.2, 0.25) is 5.91 Å². The highest BCUT2D eigenvalue weighted by Crippen LogP contribution is 2.22. The summed E-state index contributed by atoms with van der Waals surface area (Å²) in [6.45, 7) is 4.84. The fourth-order valence-electron chi connectivity index (χ4n) is 4.06. The Kier molecular flexibility index (Phi) is 7.31. The fourth-order valence-corrected chi connectivity index (χ4v) is 4.06. The fraction of sp³-hybridized carbons (Fsp3) is 0.667. The first-order valence-corrected chi connectivity index (χ1v) is 10.1. The summed E-state index contributed by atoms with van der Waals surface area (Å²) in [6, 6.07) is 8.33. The van der Waals surface area contributed by atoms with Crippen molar-refractivity contribution in [3.63, 3.8) is 0 Å². The molecule has 4 nitrogen and oxygen atoms in total. The molecule has 25 heavy (non-hydrogen) atoms. The highest BCUT2D eigenvalue weighted by Gasteiger charge is 2.13. The number of nitrogens with one attached hydrogen (secondary N) is 2. The summed E-state index contributed by atoms with van der Waals surface area (Å²) < 4.78 is 0. The molecule has 1 saturated heterocycles. The zero-order valence-corrected chi connectivity index (χ0v) is 15.4. The van der Waals surface area contributed by atoms with Crippen LogP contribution in [0, 0.1) is 5.92 Å². The highest BCUT2D eigenvalue weighted by molar-refractivity contribution is 5.92. The molecular weight excluding hydrogens is 310 g/mol. The summed E-state index contributed by atoms with van der Waals surface area (Å²) in [4.78, 5) is 14.6. The van der Waals surface area contributed by atoms with Gasteiger partial charge in [-0.15, -0.1) is 0 Å². The number of hydrogen-bond donors (Lipinski definition) is 2. The van der Waals surface area contributed by atoms with E-state index in [1.165, 1.54) is 70.0 Å². The predicted molar refractivity (Wildman–Crippen MR) is 104 cm³/mol. The molecule has 138 valence electrons. The first kappa shape index (κ1) is 18.4. The number of rotatable bonds is 7. The Bertz CT molecular complexity index is 516. The number of hydrogen-bond acceptors (Lipinski definition) is 3. The second-order valence-electron chi connectivity index (χ2n) is 7.72. The van der Waals surface area contributed by atoms with Crippen LogP contribution in [0.15, 0.2) is 24.3 Å². The SMILES string of the molecule is O=C(CNCC1CCCCC1)Nc1ccc(CN2CCCCC2)cc1. The predicted octanol–water partition coefficient (Wildman–Crippen LogP) is 3.78. The Morgan fingerprint density at radius 2 is 1.64 bits per heavy atom. The molecule has 1 saturated carbocycles. The molecule has 2 aliphatic rings. The first-order valence-electron chi connectivity index (χ1n) is 10.1. The van der Waals surface area contributed by atoms with Crippen molar-refractivity contribution in [1.29, 1.82) is 0 Å². The minimum absolute atomic E-state index is 0.0552. The molecular formula is C21H33N3O. The summed E-state index contributed by atoms with van der Waals surface area (Å²) in [5.41, 5.74) is 2.22. The van der Waals surface area contributed by atoms with E-state index in [9.17, 15) is 4.79 Å². The van der Waals surface area contributed by atoms with Gasteiger partial charge in [0.1, 0.15) is 0 Å². The quantitative estimate of drug-likeness (QED) is 0.792. The van der Waals surface area contributed by atoms with E-state index in [-0.39, 0.29) is 5.91 Å². The van der Waals surface area contributed by atoms with Crippen LogP contribution in [0.5, 0.6) is 0 Å². The lowest BCUT2D eigenvalue weighted by atomic mass is 9.89. The molecule has 1 heterocycles. The Balaban J connectivity index is 1.36. The summed E-state index contributed by atoms with van der Waals surface area (Å²) in [5, 5.41) is 6.32. The average Bonchev–Trinajstić information content (AvgIpc) is 2.65. The Hall–Kier alpha value is -1.39. The second-order valence-corrected chi connectivity index (χ2v) is 7.72. The number of likely N-dealkylation sites (tertiary alicyclic amines) is 1. The van der Waals surface area contributed by atoms with E-state index in [4.69, 9.17) is 0 Å². The van der Waals surface area contributed by atoms with Crippen molar-refractivity contribution in [2.24, 2.45) is 5.92 Å². The summed E-state index contributed by atoms with van der Waals surface area (Å²) in [7, 11) is 0. The zero-order valence-electron chi connectivity index (χ0n) is 15.4. The smallest absolute Gasteiger partial charge is 0.238 e. The van der Waals surface area contributed by atoms with Crippen molar-refractivity contribution in [1.82, 2.24) is 10.2 Å². The lowest BCUT2D eigenvalue weighted by molar-refractivity contribution is -0.115. The molecule has 1 aromatic rings. The molecule has 2 fully saturated rings. The number of piperidine rings is 1. The van der Waals surface area contributed by atoms with Gasteiger partial charge in [0.25, 0.3) is 0 Å². The van der Waals surface area contributed by atoms with E-state index in [0.29, 0.717) is 6.54 Å². The summed E-state index contributed by atoms with van der Waals surface area (Å²) in [6.07, 6.45) is 10.7. The molecule has 0 bridgehead atoms. The van der Waals surface area contributed by atoms with Crippen LogP contribution in [-0.4, -0.2) is 37.0 Å². The van der Waals surface area contributed by atoms with Gasteiger partial charge in [-0.2, -0.15) is 0 Å². The maximum Gasteiger partial charge on any atom is 0.238 e. The van der Waals surface area contributed by atoms with Crippen LogP contribution < -0.4 is 10.6 Å². The zero-order chi connectivity index (χ0) is 17.3. The second kappa shape index (κ2) is 9.93. The first-order chi connectivity index (χ1) is 12.3. The highest BCUT2D eigenvalue weighted by atomic mass is 16.1. The Morgan fingerprint density at radius 1 is 0.960 bits per heavy atom. The third kappa shape index (κ3) is 6.44. The molecule has 1 amide bonds. The molecule has 1 aliphatic heterocycles. The monoisotopic (exact) mass is 343 g/mol. The van der Waals surface area contributed by atoms with Gasteiger partial charge in [-0.1, -0.05) is 37.8 Å². The van der Waals surface area contributed by atoms with Crippen LogP contribution in [0.3, 0.4) is 0 Å². The standard InChI is InChI=1S/C21H33N3O/c25-21(16-22-15-18-7-3-1-4-8-18)23-20-11-9-19(10-12-20)17-24-13-5-2-6-14-24/h9-12,18,22H,1-8,13-17H2,(H,23,25). The van der Waals surface area contributed by atoms with Crippen LogP contribution in [0.1, 0.15) is 56.9 Å². The molecule has 4 heteroatoms. The van der Waals surface area contributed by atoms with Gasteiger partial charge in [0.15, 0.2) is 0 Å². The van der Waals surface area contributed by atoms with E-state index in [1.54, 1.807) is 0 Å². The Morgan fingerprint density at radius 3 is 2.36 bits per heavy atom. The van der Waals surface area contributed by atoms with Gasteiger partial charge >= 0.3 is 0 Å². The third-order valence-corrected chi connectivity index (χ3v) is 5.54. The van der Waals surface area contributed by atoms with E-state index in [0.717, 1.165) is 24.7 Å². The molecule has 2 N–H and O–H groups in total. The number of anilines is 1. The van der Waals surface area contributed by atoms with E-state index < -0.39 is 0 Å². The van der Waals surface area contributed by atoms with E-state index in [2.05, 4.69) is 27.7 Å². The van der Waals surface area contributed by atoms with E-state index >= 15 is 0 Å². The summed E-state index contributed by atoms with van der Waals surface area (Å²) >= 11 is 0. The van der Waals surface area contributed by atoms with Crippen LogP contribution in [0.25, 0.3) is 0 Å². The van der Waals surface area contributed by atoms with Gasteiger partial charge < -0.3 is 10.6 Å². The normalized spacial score (nSPS) is 19.7. The van der Waals surface area contributed by atoms with Crippen molar-refractivity contribution >= 4 is 11.6 Å². The third-order valence-electron chi connectivity index (χ3n) is 5.54. The van der Waals surface area contributed by atoms with Crippen molar-refractivity contribution < 1.29 is 4.79 Å². The topological polar surface area (TPSA) is 44.4 Å². The van der Waals surface area contributed by atoms with Crippen LogP contribution in [0.2, 0.25) is 0 Å². The maximum atomic E-state index is 12.1. The molecule has 0 atom stereocenters. The Labute approximate surface area is 152 Å². The molecule has 1 aliphatic carbocycles. The van der Waals surface area contributed by atoms with Crippen molar-refractivity contribution in [3.8, 4) is 0 Å². The van der Waals surface area contributed by atoms with Gasteiger partial charge in [-0.05, 0) is 68.9 Å². The molecule has 3 rings (SSSR count).